The second kappa shape index (κ2) is 7.82. The van der Waals surface area contributed by atoms with Crippen LogP contribution in [0.25, 0.3) is 4.91 Å². The van der Waals surface area contributed by atoms with Crippen LogP contribution in [0.1, 0.15) is 12.5 Å². The lowest BCUT2D eigenvalue weighted by atomic mass is 10.2. The van der Waals surface area contributed by atoms with Crippen molar-refractivity contribution in [2.75, 3.05) is 13.2 Å². The van der Waals surface area contributed by atoms with Crippen molar-refractivity contribution in [1.29, 1.82) is 0 Å². The lowest BCUT2D eigenvalue weighted by Gasteiger charge is -2.08. The molecule has 0 amide bonds. The van der Waals surface area contributed by atoms with Crippen molar-refractivity contribution in [1.82, 2.24) is 0 Å². The third kappa shape index (κ3) is 4.58. The van der Waals surface area contributed by atoms with Crippen LogP contribution in [0.4, 0.5) is 0 Å². The predicted molar refractivity (Wildman–Crippen MR) is 83.2 cm³/mol. The molecule has 0 heterocycles. The molecule has 0 aromatic heterocycles. The van der Waals surface area contributed by atoms with Gasteiger partial charge in [-0.1, -0.05) is 60.3 Å². The van der Waals surface area contributed by atoms with Gasteiger partial charge in [0, 0.05) is 16.4 Å². The van der Waals surface area contributed by atoms with Crippen LogP contribution in [0, 0.1) is 0 Å². The molecule has 0 fully saturated rings. The molecule has 2 heteroatoms. The summed E-state index contributed by atoms with van der Waals surface area (Å²) >= 11 is 1.77. The average Bonchev–Trinajstić information content (AvgIpc) is 2.48. The molecular formula is C17H18OS. The summed E-state index contributed by atoms with van der Waals surface area (Å²) < 4.78 is 5.43. The van der Waals surface area contributed by atoms with Crippen molar-refractivity contribution in [2.24, 2.45) is 0 Å². The topological polar surface area (TPSA) is 9.23 Å². The van der Waals surface area contributed by atoms with Gasteiger partial charge in [0.25, 0.3) is 0 Å². The Hall–Kier alpha value is -1.51. The molecule has 0 saturated carbocycles. The van der Waals surface area contributed by atoms with Gasteiger partial charge in [0.1, 0.15) is 0 Å². The molecule has 0 radical (unpaired) electrons. The standard InChI is InChI=1S/C17H18OS/c1-2-18-14-13-17(15-9-5-3-6-10-15)19-16-11-7-4-8-12-16/h3-13H,2,14H2,1H3/b17-13+. The monoisotopic (exact) mass is 270 g/mol. The Labute approximate surface area is 119 Å². The Morgan fingerprint density at radius 1 is 1.00 bits per heavy atom. The summed E-state index contributed by atoms with van der Waals surface area (Å²) in [5.74, 6) is 0. The van der Waals surface area contributed by atoms with Crippen molar-refractivity contribution >= 4 is 16.7 Å². The highest BCUT2D eigenvalue weighted by atomic mass is 32.2. The third-order valence-corrected chi connectivity index (χ3v) is 3.75. The molecule has 0 unspecified atom stereocenters. The number of hydrogen-bond donors (Lipinski definition) is 0. The largest absolute Gasteiger partial charge is 0.378 e. The van der Waals surface area contributed by atoms with Crippen LogP contribution in [-0.4, -0.2) is 13.2 Å². The predicted octanol–water partition coefficient (Wildman–Crippen LogP) is 4.86. The number of rotatable bonds is 6. The van der Waals surface area contributed by atoms with Crippen LogP contribution in [0.2, 0.25) is 0 Å². The van der Waals surface area contributed by atoms with E-state index in [4.69, 9.17) is 4.74 Å². The maximum atomic E-state index is 5.43. The van der Waals surface area contributed by atoms with Crippen molar-refractivity contribution < 1.29 is 4.74 Å². The Morgan fingerprint density at radius 2 is 1.63 bits per heavy atom. The smallest absolute Gasteiger partial charge is 0.0661 e. The summed E-state index contributed by atoms with van der Waals surface area (Å²) in [7, 11) is 0. The van der Waals surface area contributed by atoms with Crippen LogP contribution >= 0.6 is 11.8 Å². The highest BCUT2D eigenvalue weighted by Crippen LogP contribution is 2.33. The number of thioether (sulfide) groups is 1. The van der Waals surface area contributed by atoms with E-state index in [2.05, 4.69) is 54.6 Å². The molecular weight excluding hydrogens is 252 g/mol. The van der Waals surface area contributed by atoms with E-state index in [1.807, 2.05) is 19.1 Å². The quantitative estimate of drug-likeness (QED) is 0.548. The zero-order valence-electron chi connectivity index (χ0n) is 11.1. The van der Waals surface area contributed by atoms with Crippen LogP contribution in [0.15, 0.2) is 71.6 Å². The first kappa shape index (κ1) is 13.9. The molecule has 19 heavy (non-hydrogen) atoms. The maximum Gasteiger partial charge on any atom is 0.0661 e. The molecule has 2 aromatic rings. The lowest BCUT2D eigenvalue weighted by molar-refractivity contribution is 0.178. The van der Waals surface area contributed by atoms with Gasteiger partial charge in [-0.15, -0.1) is 0 Å². The van der Waals surface area contributed by atoms with Crippen LogP contribution in [-0.2, 0) is 4.74 Å². The van der Waals surface area contributed by atoms with E-state index in [1.165, 1.54) is 15.4 Å². The van der Waals surface area contributed by atoms with Gasteiger partial charge in [-0.25, -0.2) is 0 Å². The summed E-state index contributed by atoms with van der Waals surface area (Å²) in [4.78, 5) is 2.48. The summed E-state index contributed by atoms with van der Waals surface area (Å²) in [6, 6.07) is 20.9. The molecule has 0 saturated heterocycles. The second-order valence-corrected chi connectivity index (χ2v) is 5.12. The number of benzene rings is 2. The van der Waals surface area contributed by atoms with Gasteiger partial charge in [-0.3, -0.25) is 0 Å². The molecule has 2 rings (SSSR count). The summed E-state index contributed by atoms with van der Waals surface area (Å²) in [5, 5.41) is 0. The normalized spacial score (nSPS) is 11.5. The van der Waals surface area contributed by atoms with Crippen molar-refractivity contribution in [3.63, 3.8) is 0 Å². The fourth-order valence-corrected chi connectivity index (χ4v) is 2.64. The van der Waals surface area contributed by atoms with E-state index in [0.29, 0.717) is 6.61 Å². The van der Waals surface area contributed by atoms with E-state index >= 15 is 0 Å². The van der Waals surface area contributed by atoms with Gasteiger partial charge in [0.15, 0.2) is 0 Å². The van der Waals surface area contributed by atoms with Gasteiger partial charge in [0.2, 0.25) is 0 Å². The number of ether oxygens (including phenoxy) is 1. The first-order valence-electron chi connectivity index (χ1n) is 6.46. The zero-order chi connectivity index (χ0) is 13.3. The Balaban J connectivity index is 2.17. The van der Waals surface area contributed by atoms with E-state index in [1.54, 1.807) is 11.8 Å². The van der Waals surface area contributed by atoms with Crippen LogP contribution in [0.3, 0.4) is 0 Å². The van der Waals surface area contributed by atoms with E-state index in [-0.39, 0.29) is 0 Å². The van der Waals surface area contributed by atoms with E-state index < -0.39 is 0 Å². The molecule has 0 aliphatic rings. The minimum atomic E-state index is 0.653. The second-order valence-electron chi connectivity index (χ2n) is 4.01. The minimum Gasteiger partial charge on any atom is -0.378 e. The van der Waals surface area contributed by atoms with Crippen LogP contribution < -0.4 is 0 Å². The molecule has 0 atom stereocenters. The first-order valence-corrected chi connectivity index (χ1v) is 7.28. The Bertz CT molecular complexity index is 505. The molecule has 98 valence electrons. The van der Waals surface area contributed by atoms with Crippen molar-refractivity contribution in [3.05, 3.63) is 72.3 Å². The van der Waals surface area contributed by atoms with Crippen molar-refractivity contribution in [3.8, 4) is 0 Å². The molecule has 0 spiro atoms. The van der Waals surface area contributed by atoms with E-state index in [0.717, 1.165) is 6.61 Å². The Morgan fingerprint density at radius 3 is 2.26 bits per heavy atom. The summed E-state index contributed by atoms with van der Waals surface area (Å²) in [6.07, 6.45) is 2.15. The van der Waals surface area contributed by atoms with Crippen molar-refractivity contribution in [2.45, 2.75) is 11.8 Å². The SMILES string of the molecule is CCOC/C=C(/Sc1ccccc1)c1ccccc1. The fraction of sp³-hybridized carbons (Fsp3) is 0.176. The van der Waals surface area contributed by atoms with Crippen LogP contribution in [0.5, 0.6) is 0 Å². The maximum absolute atomic E-state index is 5.43. The lowest BCUT2D eigenvalue weighted by Crippen LogP contribution is -1.90. The third-order valence-electron chi connectivity index (χ3n) is 2.62. The number of hydrogen-bond acceptors (Lipinski definition) is 2. The van der Waals surface area contributed by atoms with Gasteiger partial charge in [-0.05, 0) is 30.7 Å². The molecule has 0 N–H and O–H groups in total. The first-order chi connectivity index (χ1) is 9.40. The molecule has 1 nitrogen and oxygen atoms in total. The highest BCUT2D eigenvalue weighted by Gasteiger charge is 2.03. The minimum absolute atomic E-state index is 0.653. The zero-order valence-corrected chi connectivity index (χ0v) is 11.9. The fourth-order valence-electron chi connectivity index (χ4n) is 1.69. The highest BCUT2D eigenvalue weighted by molar-refractivity contribution is 8.08. The molecule has 2 aromatic carbocycles. The average molecular weight is 270 g/mol. The molecule has 0 aliphatic heterocycles. The van der Waals surface area contributed by atoms with Gasteiger partial charge in [-0.2, -0.15) is 0 Å². The summed E-state index contributed by atoms with van der Waals surface area (Å²) in [5.41, 5.74) is 1.23. The Kier molecular flexibility index (Phi) is 5.73. The van der Waals surface area contributed by atoms with E-state index in [9.17, 15) is 0 Å². The molecule has 0 bridgehead atoms. The summed E-state index contributed by atoms with van der Waals surface area (Å²) in [6.45, 7) is 3.41. The van der Waals surface area contributed by atoms with Gasteiger partial charge < -0.3 is 4.74 Å². The van der Waals surface area contributed by atoms with Gasteiger partial charge >= 0.3 is 0 Å². The molecule has 0 aliphatic carbocycles. The van der Waals surface area contributed by atoms with Gasteiger partial charge in [0.05, 0.1) is 6.61 Å².